The van der Waals surface area contributed by atoms with E-state index in [0.29, 0.717) is 11.4 Å². The van der Waals surface area contributed by atoms with Crippen molar-refractivity contribution in [2.24, 2.45) is 4.99 Å². The highest BCUT2D eigenvalue weighted by Gasteiger charge is 2.09. The topological polar surface area (TPSA) is 56.5 Å². The summed E-state index contributed by atoms with van der Waals surface area (Å²) in [5.41, 5.74) is 0. The van der Waals surface area contributed by atoms with Gasteiger partial charge in [0.05, 0.1) is 6.61 Å². The molecule has 1 heterocycles. The molecule has 0 aliphatic rings. The fourth-order valence-electron chi connectivity index (χ4n) is 0.823. The zero-order valence-corrected chi connectivity index (χ0v) is 8.59. The molecule has 0 fully saturated rings. The van der Waals surface area contributed by atoms with Gasteiger partial charge in [-0.3, -0.25) is 4.99 Å². The zero-order chi connectivity index (χ0) is 9.84. The lowest BCUT2D eigenvalue weighted by molar-refractivity contribution is 0.149. The average Bonchev–Trinajstić information content (AvgIpc) is 2.47. The molecule has 0 aromatic carbocycles. The Morgan fingerprint density at radius 2 is 2.46 bits per heavy atom. The second-order valence-electron chi connectivity index (χ2n) is 2.24. The van der Waals surface area contributed by atoms with Gasteiger partial charge in [-0.15, -0.1) is 4.68 Å². The van der Waals surface area contributed by atoms with Crippen LogP contribution in [0.4, 0.5) is 4.79 Å². The van der Waals surface area contributed by atoms with Crippen LogP contribution in [0, 0.1) is 6.92 Å². The Morgan fingerprint density at radius 3 is 3.00 bits per heavy atom. The molecule has 0 bridgehead atoms. The molecule has 1 aromatic rings. The van der Waals surface area contributed by atoms with E-state index in [1.807, 2.05) is 6.92 Å². The third-order valence-electron chi connectivity index (χ3n) is 1.29. The van der Waals surface area contributed by atoms with Crippen molar-refractivity contribution < 1.29 is 9.53 Å². The van der Waals surface area contributed by atoms with E-state index in [1.165, 1.54) is 16.0 Å². The van der Waals surface area contributed by atoms with Crippen LogP contribution in [0.5, 0.6) is 0 Å². The molecule has 0 amide bonds. The second-order valence-corrected chi connectivity index (χ2v) is 3.40. The minimum Gasteiger partial charge on any atom is -0.448 e. The summed E-state index contributed by atoms with van der Waals surface area (Å²) in [6.07, 6.45) is -0.479. The van der Waals surface area contributed by atoms with Crippen molar-refractivity contribution in [2.75, 3.05) is 13.7 Å². The molecule has 0 spiro atoms. The molecule has 0 N–H and O–H groups in total. The molecule has 6 heteroatoms. The predicted molar refractivity (Wildman–Crippen MR) is 48.7 cm³/mol. The molecule has 13 heavy (non-hydrogen) atoms. The Bertz CT molecular complexity index is 366. The van der Waals surface area contributed by atoms with Gasteiger partial charge in [0, 0.05) is 7.05 Å². The fraction of sp³-hybridized carbons (Fsp3) is 0.571. The predicted octanol–water partition coefficient (Wildman–Crippen LogP) is 0.788. The number of rotatable bonds is 1. The minimum absolute atomic E-state index is 0.339. The van der Waals surface area contributed by atoms with E-state index in [4.69, 9.17) is 4.74 Å². The van der Waals surface area contributed by atoms with E-state index < -0.39 is 6.09 Å². The van der Waals surface area contributed by atoms with Crippen LogP contribution in [0.25, 0.3) is 0 Å². The smallest absolute Gasteiger partial charge is 0.437 e. The lowest BCUT2D eigenvalue weighted by Gasteiger charge is -1.98. The molecule has 0 aliphatic carbocycles. The number of ether oxygens (including phenoxy) is 1. The number of carbonyl (C=O) groups excluding carboxylic acids is 1. The summed E-state index contributed by atoms with van der Waals surface area (Å²) in [4.78, 5) is 15.7. The maximum atomic E-state index is 11.3. The van der Waals surface area contributed by atoms with Gasteiger partial charge in [0.15, 0.2) is 0 Å². The minimum atomic E-state index is -0.479. The number of nitrogens with zero attached hydrogens (tertiary/aromatic N) is 3. The summed E-state index contributed by atoms with van der Waals surface area (Å²) >= 11 is 1.35. The standard InChI is InChI=1S/C7H11N3O2S/c1-4-12-7(11)10-6(8-3)13-5(2)9-10/h4H2,1-3H3. The van der Waals surface area contributed by atoms with E-state index in [0.717, 1.165) is 5.01 Å². The van der Waals surface area contributed by atoms with Crippen LogP contribution in [0.15, 0.2) is 4.99 Å². The van der Waals surface area contributed by atoms with Gasteiger partial charge in [-0.05, 0) is 13.8 Å². The summed E-state index contributed by atoms with van der Waals surface area (Å²) < 4.78 is 5.96. The molecule has 1 rings (SSSR count). The molecule has 0 unspecified atom stereocenters. The SMILES string of the molecule is CCOC(=O)n1nc(C)sc1=NC. The van der Waals surface area contributed by atoms with E-state index >= 15 is 0 Å². The van der Waals surface area contributed by atoms with Crippen molar-refractivity contribution in [1.82, 2.24) is 9.78 Å². The molecule has 0 saturated heterocycles. The molecule has 0 atom stereocenters. The van der Waals surface area contributed by atoms with Crippen LogP contribution in [-0.4, -0.2) is 29.5 Å². The number of hydrogen-bond acceptors (Lipinski definition) is 5. The summed E-state index contributed by atoms with van der Waals surface area (Å²) in [7, 11) is 1.61. The first-order chi connectivity index (χ1) is 6.19. The Labute approximate surface area is 79.7 Å². The van der Waals surface area contributed by atoms with Gasteiger partial charge in [0.25, 0.3) is 0 Å². The van der Waals surface area contributed by atoms with Crippen molar-refractivity contribution in [1.29, 1.82) is 0 Å². The number of aryl methyl sites for hydroxylation is 1. The van der Waals surface area contributed by atoms with E-state index in [2.05, 4.69) is 10.1 Å². The highest BCUT2D eigenvalue weighted by atomic mass is 32.1. The van der Waals surface area contributed by atoms with Crippen molar-refractivity contribution in [2.45, 2.75) is 13.8 Å². The van der Waals surface area contributed by atoms with Crippen LogP contribution in [-0.2, 0) is 4.74 Å². The fourth-order valence-corrected chi connectivity index (χ4v) is 1.50. The maximum Gasteiger partial charge on any atom is 0.437 e. The average molecular weight is 201 g/mol. The van der Waals surface area contributed by atoms with Gasteiger partial charge in [-0.2, -0.15) is 5.10 Å². The Kier molecular flexibility index (Phi) is 3.18. The van der Waals surface area contributed by atoms with Gasteiger partial charge in [0.1, 0.15) is 5.01 Å². The normalized spacial score (nSPS) is 11.8. The first-order valence-corrected chi connectivity index (χ1v) is 4.67. The van der Waals surface area contributed by atoms with Gasteiger partial charge in [-0.1, -0.05) is 11.3 Å². The van der Waals surface area contributed by atoms with Gasteiger partial charge >= 0.3 is 6.09 Å². The molecule has 0 saturated carbocycles. The van der Waals surface area contributed by atoms with Gasteiger partial charge in [-0.25, -0.2) is 4.79 Å². The van der Waals surface area contributed by atoms with Crippen molar-refractivity contribution >= 4 is 17.4 Å². The summed E-state index contributed by atoms with van der Waals surface area (Å²) in [6.45, 7) is 3.90. The van der Waals surface area contributed by atoms with Crippen LogP contribution in [0.3, 0.4) is 0 Å². The molecule has 0 aliphatic heterocycles. The lowest BCUT2D eigenvalue weighted by atomic mass is 10.8. The quantitative estimate of drug-likeness (QED) is 0.675. The molecular weight excluding hydrogens is 190 g/mol. The van der Waals surface area contributed by atoms with Gasteiger partial charge in [0.2, 0.25) is 4.80 Å². The molecule has 5 nitrogen and oxygen atoms in total. The third kappa shape index (κ3) is 2.15. The van der Waals surface area contributed by atoms with Crippen LogP contribution in [0.2, 0.25) is 0 Å². The monoisotopic (exact) mass is 201 g/mol. The summed E-state index contributed by atoms with van der Waals surface area (Å²) in [6, 6.07) is 0. The first-order valence-electron chi connectivity index (χ1n) is 3.85. The second kappa shape index (κ2) is 4.18. The highest BCUT2D eigenvalue weighted by Crippen LogP contribution is 1.95. The van der Waals surface area contributed by atoms with Crippen molar-refractivity contribution in [3.63, 3.8) is 0 Å². The van der Waals surface area contributed by atoms with Crippen LogP contribution in [0.1, 0.15) is 11.9 Å². The highest BCUT2D eigenvalue weighted by molar-refractivity contribution is 7.08. The first kappa shape index (κ1) is 9.91. The maximum absolute atomic E-state index is 11.3. The van der Waals surface area contributed by atoms with E-state index in [-0.39, 0.29) is 0 Å². The molecule has 1 aromatic heterocycles. The Balaban J connectivity index is 3.06. The van der Waals surface area contributed by atoms with Crippen LogP contribution < -0.4 is 4.80 Å². The zero-order valence-electron chi connectivity index (χ0n) is 7.77. The largest absolute Gasteiger partial charge is 0.448 e. The Hall–Kier alpha value is -1.17. The molecule has 72 valence electrons. The van der Waals surface area contributed by atoms with E-state index in [1.54, 1.807) is 14.0 Å². The third-order valence-corrected chi connectivity index (χ3v) is 2.21. The summed E-state index contributed by atoms with van der Waals surface area (Å²) in [5, 5.41) is 4.75. The van der Waals surface area contributed by atoms with Crippen molar-refractivity contribution in [3.8, 4) is 0 Å². The number of carbonyl (C=O) groups is 1. The summed E-state index contributed by atoms with van der Waals surface area (Å²) in [5.74, 6) is 0. The van der Waals surface area contributed by atoms with E-state index in [9.17, 15) is 4.79 Å². The lowest BCUT2D eigenvalue weighted by Crippen LogP contribution is -2.25. The van der Waals surface area contributed by atoms with Crippen LogP contribution >= 0.6 is 11.3 Å². The van der Waals surface area contributed by atoms with Crippen molar-refractivity contribution in [3.05, 3.63) is 9.81 Å². The molecular formula is C7H11N3O2S. The number of aromatic nitrogens is 2. The molecule has 0 radical (unpaired) electrons. The number of hydrogen-bond donors (Lipinski definition) is 0. The Morgan fingerprint density at radius 1 is 1.77 bits per heavy atom. The van der Waals surface area contributed by atoms with Gasteiger partial charge < -0.3 is 4.74 Å².